The number of carboxylic acids is 1. The molecule has 1 N–H and O–H groups in total. The predicted molar refractivity (Wildman–Crippen MR) is 162 cm³/mol. The molecule has 1 aromatic heterocycles. The van der Waals surface area contributed by atoms with E-state index in [9.17, 15) is 36.2 Å². The van der Waals surface area contributed by atoms with Crippen molar-refractivity contribution in [3.8, 4) is 0 Å². The van der Waals surface area contributed by atoms with E-state index in [-0.39, 0.29) is 43.0 Å². The third-order valence-electron chi connectivity index (χ3n) is 8.42. The van der Waals surface area contributed by atoms with Crippen LogP contribution in [-0.4, -0.2) is 44.4 Å². The third kappa shape index (κ3) is 9.04. The van der Waals surface area contributed by atoms with Gasteiger partial charge in [-0.25, -0.2) is 0 Å². The molecule has 1 aliphatic rings. The Balaban J connectivity index is 1.70. The molecule has 0 unspecified atom stereocenters. The highest BCUT2D eigenvalue weighted by Gasteiger charge is 2.37. The second-order valence-corrected chi connectivity index (χ2v) is 12.2. The van der Waals surface area contributed by atoms with E-state index in [1.54, 1.807) is 6.07 Å². The molecule has 1 aliphatic carbocycles. The van der Waals surface area contributed by atoms with Crippen LogP contribution in [0.4, 0.5) is 38.0 Å². The van der Waals surface area contributed by atoms with Gasteiger partial charge in [-0.15, -0.1) is 5.10 Å². The third-order valence-corrected chi connectivity index (χ3v) is 8.77. The number of aliphatic carboxylic acids is 1. The SMILES string of the molecule is CCc1cc(N(CC)CC2CCC(CC(=O)O)CC2)c(CN(Cc2cc(C(F)(F)F)cc(C(F)(F)F)c2)c2nnn(C)n2)cc1Cl. The maximum Gasteiger partial charge on any atom is 0.416 e. The Morgan fingerprint density at radius 1 is 0.913 bits per heavy atom. The van der Waals surface area contributed by atoms with Crippen LogP contribution in [-0.2, 0) is 43.7 Å². The molecule has 1 heterocycles. The summed E-state index contributed by atoms with van der Waals surface area (Å²) < 4.78 is 81.9. The van der Waals surface area contributed by atoms with Crippen LogP contribution >= 0.6 is 11.6 Å². The van der Waals surface area contributed by atoms with E-state index in [0.29, 0.717) is 48.1 Å². The van der Waals surface area contributed by atoms with Crippen molar-refractivity contribution in [2.45, 2.75) is 77.8 Å². The molecule has 0 saturated heterocycles. The van der Waals surface area contributed by atoms with Gasteiger partial charge >= 0.3 is 18.3 Å². The largest absolute Gasteiger partial charge is 0.481 e. The number of halogens is 7. The zero-order valence-corrected chi connectivity index (χ0v) is 26.6. The first-order valence-electron chi connectivity index (χ1n) is 15.1. The Morgan fingerprint density at radius 2 is 1.52 bits per heavy atom. The summed E-state index contributed by atoms with van der Waals surface area (Å²) in [6, 6.07) is 5.26. The summed E-state index contributed by atoms with van der Waals surface area (Å²) >= 11 is 6.65. The Morgan fingerprint density at radius 3 is 2.02 bits per heavy atom. The van der Waals surface area contributed by atoms with Crippen LogP contribution in [0.5, 0.6) is 0 Å². The zero-order valence-electron chi connectivity index (χ0n) is 25.8. The van der Waals surface area contributed by atoms with Gasteiger partial charge in [0.2, 0.25) is 0 Å². The Kier molecular flexibility index (Phi) is 11.1. The summed E-state index contributed by atoms with van der Waals surface area (Å²) in [5.74, 6) is -0.293. The van der Waals surface area contributed by atoms with Crippen molar-refractivity contribution in [1.82, 2.24) is 20.2 Å². The minimum atomic E-state index is -4.99. The van der Waals surface area contributed by atoms with Gasteiger partial charge in [0, 0.05) is 43.3 Å². The van der Waals surface area contributed by atoms with Gasteiger partial charge in [-0.2, -0.15) is 31.1 Å². The van der Waals surface area contributed by atoms with Crippen molar-refractivity contribution >= 4 is 29.2 Å². The Bertz CT molecular complexity index is 1470. The highest BCUT2D eigenvalue weighted by molar-refractivity contribution is 6.31. The van der Waals surface area contributed by atoms with Crippen LogP contribution in [0.25, 0.3) is 0 Å². The number of carboxylic acid groups (broad SMARTS) is 1. The normalized spacial score (nSPS) is 17.3. The Labute approximate surface area is 268 Å². The molecule has 15 heteroatoms. The second kappa shape index (κ2) is 14.5. The number of anilines is 2. The van der Waals surface area contributed by atoms with Crippen LogP contribution in [0, 0.1) is 11.8 Å². The first-order valence-corrected chi connectivity index (χ1v) is 15.5. The van der Waals surface area contributed by atoms with Crippen molar-refractivity contribution in [1.29, 1.82) is 0 Å². The van der Waals surface area contributed by atoms with Gasteiger partial charge < -0.3 is 14.9 Å². The van der Waals surface area contributed by atoms with Crippen molar-refractivity contribution in [2.75, 3.05) is 22.9 Å². The number of hydrogen-bond donors (Lipinski definition) is 1. The number of benzene rings is 2. The molecule has 8 nitrogen and oxygen atoms in total. The van der Waals surface area contributed by atoms with E-state index in [1.807, 2.05) is 19.9 Å². The van der Waals surface area contributed by atoms with Crippen LogP contribution < -0.4 is 9.80 Å². The number of aromatic nitrogens is 4. The van der Waals surface area contributed by atoms with E-state index in [4.69, 9.17) is 11.6 Å². The fourth-order valence-corrected chi connectivity index (χ4v) is 6.37. The highest BCUT2D eigenvalue weighted by atomic mass is 35.5. The molecule has 46 heavy (non-hydrogen) atoms. The molecule has 0 bridgehead atoms. The maximum absolute atomic E-state index is 13.6. The van der Waals surface area contributed by atoms with Gasteiger partial charge in [0.1, 0.15) is 0 Å². The molecule has 3 aromatic rings. The van der Waals surface area contributed by atoms with Gasteiger partial charge in [-0.3, -0.25) is 4.79 Å². The summed E-state index contributed by atoms with van der Waals surface area (Å²) in [6.45, 7) is 4.93. The fourth-order valence-electron chi connectivity index (χ4n) is 6.05. The van der Waals surface area contributed by atoms with Gasteiger partial charge in [0.05, 0.1) is 18.2 Å². The topological polar surface area (TPSA) is 87.4 Å². The molecule has 0 spiro atoms. The monoisotopic (exact) mass is 674 g/mol. The highest BCUT2D eigenvalue weighted by Crippen LogP contribution is 2.38. The standard InChI is InChI=1S/C31H37ClF6N6O2/c1-4-22-14-27(43(5-2)16-20-8-6-19(7-9-20)12-28(45)46)23(13-26(22)32)18-44(29-39-41-42(3)40-29)17-21-10-24(30(33,34)35)15-25(11-21)31(36,37)38/h10-11,13-15,19-20H,4-9,12,16-18H2,1-3H3,(H,45,46). The Hall–Kier alpha value is -3.55. The molecular weight excluding hydrogens is 638 g/mol. The van der Waals surface area contributed by atoms with E-state index >= 15 is 0 Å². The summed E-state index contributed by atoms with van der Waals surface area (Å²) in [5, 5.41) is 21.7. The minimum absolute atomic E-state index is 0.0180. The lowest BCUT2D eigenvalue weighted by atomic mass is 9.80. The number of carbonyl (C=O) groups is 1. The molecular formula is C31H37ClF6N6O2. The summed E-state index contributed by atoms with van der Waals surface area (Å²) in [7, 11) is 1.50. The van der Waals surface area contributed by atoms with Gasteiger partial charge in [0.25, 0.3) is 5.95 Å². The quantitative estimate of drug-likeness (QED) is 0.196. The predicted octanol–water partition coefficient (Wildman–Crippen LogP) is 7.78. The number of hydrogen-bond acceptors (Lipinski definition) is 6. The molecule has 1 fully saturated rings. The molecule has 1 saturated carbocycles. The van der Waals surface area contributed by atoms with Gasteiger partial charge in [-0.1, -0.05) is 23.6 Å². The number of aryl methyl sites for hydroxylation is 2. The lowest BCUT2D eigenvalue weighted by Gasteiger charge is -2.35. The van der Waals surface area contributed by atoms with E-state index in [1.165, 1.54) is 11.9 Å². The number of alkyl halides is 6. The van der Waals surface area contributed by atoms with Crippen molar-refractivity contribution < 1.29 is 36.2 Å². The minimum Gasteiger partial charge on any atom is -0.481 e. The van der Waals surface area contributed by atoms with Crippen molar-refractivity contribution in [3.05, 3.63) is 63.2 Å². The van der Waals surface area contributed by atoms with Crippen LogP contribution in [0.15, 0.2) is 30.3 Å². The van der Waals surface area contributed by atoms with Crippen LogP contribution in [0.3, 0.4) is 0 Å². The number of tetrazole rings is 1. The average Bonchev–Trinajstić information content (AvgIpc) is 3.41. The lowest BCUT2D eigenvalue weighted by Crippen LogP contribution is -2.33. The molecule has 252 valence electrons. The summed E-state index contributed by atoms with van der Waals surface area (Å²) in [6.07, 6.45) is -5.77. The smallest absolute Gasteiger partial charge is 0.416 e. The van der Waals surface area contributed by atoms with Crippen molar-refractivity contribution in [3.63, 3.8) is 0 Å². The van der Waals surface area contributed by atoms with Crippen LogP contribution in [0.1, 0.15) is 73.8 Å². The molecule has 2 aromatic carbocycles. The molecule has 0 atom stereocenters. The molecule has 0 radical (unpaired) electrons. The van der Waals surface area contributed by atoms with Crippen molar-refractivity contribution in [2.24, 2.45) is 18.9 Å². The summed E-state index contributed by atoms with van der Waals surface area (Å²) in [5.41, 5.74) is -0.616. The first-order chi connectivity index (χ1) is 21.6. The molecule has 0 amide bonds. The van der Waals surface area contributed by atoms with Crippen LogP contribution in [0.2, 0.25) is 5.02 Å². The first kappa shape index (κ1) is 35.3. The zero-order chi connectivity index (χ0) is 33.8. The molecule has 4 rings (SSSR count). The molecule has 0 aliphatic heterocycles. The van der Waals surface area contributed by atoms with E-state index in [0.717, 1.165) is 41.7 Å². The second-order valence-electron chi connectivity index (χ2n) is 11.8. The van der Waals surface area contributed by atoms with Gasteiger partial charge in [0.15, 0.2) is 0 Å². The lowest BCUT2D eigenvalue weighted by molar-refractivity contribution is -0.143. The maximum atomic E-state index is 13.6. The number of rotatable bonds is 12. The number of nitrogens with zero attached hydrogens (tertiary/aromatic N) is 6. The average molecular weight is 675 g/mol. The summed E-state index contributed by atoms with van der Waals surface area (Å²) in [4.78, 5) is 16.0. The van der Waals surface area contributed by atoms with E-state index < -0.39 is 29.4 Å². The van der Waals surface area contributed by atoms with E-state index in [2.05, 4.69) is 20.3 Å². The fraction of sp³-hybridized carbons (Fsp3) is 0.548. The van der Waals surface area contributed by atoms with Gasteiger partial charge in [-0.05, 0) is 103 Å².